The SMILES string of the molecule is CCC(N)Cc1ccc(Oc2ccc(C)cc2Br)cc1Cl. The molecule has 0 saturated carbocycles. The Bertz CT molecular complexity index is 630. The summed E-state index contributed by atoms with van der Waals surface area (Å²) in [6.45, 7) is 4.11. The summed E-state index contributed by atoms with van der Waals surface area (Å²) in [6.07, 6.45) is 1.72. The van der Waals surface area contributed by atoms with Crippen LogP contribution in [0.15, 0.2) is 40.9 Å². The van der Waals surface area contributed by atoms with Crippen LogP contribution in [0, 0.1) is 6.92 Å². The fourth-order valence-corrected chi connectivity index (χ4v) is 2.82. The maximum Gasteiger partial charge on any atom is 0.141 e. The molecule has 0 spiro atoms. The highest BCUT2D eigenvalue weighted by atomic mass is 79.9. The van der Waals surface area contributed by atoms with E-state index in [0.29, 0.717) is 5.02 Å². The Morgan fingerprint density at radius 2 is 2.00 bits per heavy atom. The first-order valence-electron chi connectivity index (χ1n) is 6.97. The van der Waals surface area contributed by atoms with E-state index in [-0.39, 0.29) is 6.04 Å². The second-order valence-corrected chi connectivity index (χ2v) is 6.42. The van der Waals surface area contributed by atoms with Crippen LogP contribution in [0.3, 0.4) is 0 Å². The molecule has 2 N–H and O–H groups in total. The van der Waals surface area contributed by atoms with Gasteiger partial charge in [0.1, 0.15) is 11.5 Å². The molecule has 2 nitrogen and oxygen atoms in total. The molecule has 0 aliphatic rings. The van der Waals surface area contributed by atoms with Crippen molar-refractivity contribution in [1.82, 2.24) is 0 Å². The van der Waals surface area contributed by atoms with Gasteiger partial charge in [0.2, 0.25) is 0 Å². The third-order valence-corrected chi connectivity index (χ3v) is 4.32. The van der Waals surface area contributed by atoms with Crippen molar-refractivity contribution in [3.05, 3.63) is 57.0 Å². The highest BCUT2D eigenvalue weighted by Gasteiger charge is 2.08. The zero-order valence-corrected chi connectivity index (χ0v) is 14.5. The third-order valence-electron chi connectivity index (χ3n) is 3.35. The number of aryl methyl sites for hydroxylation is 1. The minimum absolute atomic E-state index is 0.139. The van der Waals surface area contributed by atoms with Gasteiger partial charge in [-0.2, -0.15) is 0 Å². The Morgan fingerprint density at radius 3 is 2.62 bits per heavy atom. The van der Waals surface area contributed by atoms with E-state index in [2.05, 4.69) is 22.9 Å². The first-order chi connectivity index (χ1) is 9.99. The fourth-order valence-electron chi connectivity index (χ4n) is 2.00. The number of hydrogen-bond acceptors (Lipinski definition) is 2. The summed E-state index contributed by atoms with van der Waals surface area (Å²) in [5.41, 5.74) is 8.21. The Balaban J connectivity index is 2.16. The molecule has 2 aromatic carbocycles. The Labute approximate surface area is 139 Å². The van der Waals surface area contributed by atoms with Crippen molar-refractivity contribution in [1.29, 1.82) is 0 Å². The molecular formula is C17H19BrClNO. The normalized spacial score (nSPS) is 12.2. The molecule has 1 atom stereocenters. The number of halogens is 2. The quantitative estimate of drug-likeness (QED) is 0.758. The van der Waals surface area contributed by atoms with Crippen LogP contribution in [-0.2, 0) is 6.42 Å². The molecule has 112 valence electrons. The minimum atomic E-state index is 0.139. The zero-order valence-electron chi connectivity index (χ0n) is 12.2. The van der Waals surface area contributed by atoms with Gasteiger partial charge in [0.05, 0.1) is 4.47 Å². The molecule has 0 radical (unpaired) electrons. The summed E-state index contributed by atoms with van der Waals surface area (Å²) in [5, 5.41) is 0.694. The molecule has 0 aliphatic heterocycles. The van der Waals surface area contributed by atoms with E-state index in [1.165, 1.54) is 5.56 Å². The van der Waals surface area contributed by atoms with Gasteiger partial charge in [0.15, 0.2) is 0 Å². The van der Waals surface area contributed by atoms with E-state index in [0.717, 1.165) is 34.4 Å². The molecule has 0 amide bonds. The summed E-state index contributed by atoms with van der Waals surface area (Å²) in [4.78, 5) is 0. The molecule has 0 aromatic heterocycles. The molecule has 2 rings (SSSR count). The molecule has 0 fully saturated rings. The van der Waals surface area contributed by atoms with Gasteiger partial charge in [-0.3, -0.25) is 0 Å². The van der Waals surface area contributed by atoms with Gasteiger partial charge in [0.25, 0.3) is 0 Å². The van der Waals surface area contributed by atoms with Crippen LogP contribution in [0.1, 0.15) is 24.5 Å². The van der Waals surface area contributed by atoms with Crippen LogP contribution in [0.2, 0.25) is 5.02 Å². The molecule has 2 aromatic rings. The van der Waals surface area contributed by atoms with Gasteiger partial charge < -0.3 is 10.5 Å². The molecule has 4 heteroatoms. The number of hydrogen-bond donors (Lipinski definition) is 1. The van der Waals surface area contributed by atoms with Crippen LogP contribution >= 0.6 is 27.5 Å². The topological polar surface area (TPSA) is 35.2 Å². The van der Waals surface area contributed by atoms with Gasteiger partial charge in [0, 0.05) is 11.1 Å². The fraction of sp³-hybridized carbons (Fsp3) is 0.294. The van der Waals surface area contributed by atoms with Crippen LogP contribution in [0.5, 0.6) is 11.5 Å². The van der Waals surface area contributed by atoms with Crippen molar-refractivity contribution < 1.29 is 4.74 Å². The van der Waals surface area contributed by atoms with E-state index in [9.17, 15) is 0 Å². The molecule has 1 unspecified atom stereocenters. The summed E-state index contributed by atoms with van der Waals surface area (Å²) < 4.78 is 6.80. The van der Waals surface area contributed by atoms with Crippen LogP contribution in [0.25, 0.3) is 0 Å². The summed E-state index contributed by atoms with van der Waals surface area (Å²) in [6, 6.07) is 11.9. The zero-order chi connectivity index (χ0) is 15.4. The number of nitrogens with two attached hydrogens (primary N) is 1. The first-order valence-corrected chi connectivity index (χ1v) is 8.14. The van der Waals surface area contributed by atoms with Crippen molar-refractivity contribution in [2.45, 2.75) is 32.7 Å². The summed E-state index contributed by atoms with van der Waals surface area (Å²) >= 11 is 9.82. The van der Waals surface area contributed by atoms with Crippen molar-refractivity contribution in [3.63, 3.8) is 0 Å². The average molecular weight is 369 g/mol. The van der Waals surface area contributed by atoms with Gasteiger partial charge in [-0.1, -0.05) is 30.7 Å². The average Bonchev–Trinajstić information content (AvgIpc) is 2.44. The maximum atomic E-state index is 6.31. The molecule has 0 heterocycles. The lowest BCUT2D eigenvalue weighted by Gasteiger charge is -2.13. The van der Waals surface area contributed by atoms with Crippen LogP contribution < -0.4 is 10.5 Å². The lowest BCUT2D eigenvalue weighted by molar-refractivity contribution is 0.479. The summed E-state index contributed by atoms with van der Waals surface area (Å²) in [5.74, 6) is 1.49. The van der Waals surface area contributed by atoms with E-state index in [1.807, 2.05) is 43.3 Å². The van der Waals surface area contributed by atoms with Gasteiger partial charge in [-0.25, -0.2) is 0 Å². The van der Waals surface area contributed by atoms with Gasteiger partial charge in [-0.15, -0.1) is 0 Å². The number of ether oxygens (including phenoxy) is 1. The molecule has 0 aliphatic carbocycles. The number of benzene rings is 2. The smallest absolute Gasteiger partial charge is 0.141 e. The largest absolute Gasteiger partial charge is 0.456 e. The Morgan fingerprint density at radius 1 is 1.24 bits per heavy atom. The second-order valence-electron chi connectivity index (χ2n) is 5.16. The van der Waals surface area contributed by atoms with Crippen molar-refractivity contribution in [2.75, 3.05) is 0 Å². The van der Waals surface area contributed by atoms with Crippen molar-refractivity contribution in [2.24, 2.45) is 5.73 Å². The van der Waals surface area contributed by atoms with Crippen LogP contribution in [0.4, 0.5) is 0 Å². The van der Waals surface area contributed by atoms with Crippen molar-refractivity contribution >= 4 is 27.5 Å². The summed E-state index contributed by atoms with van der Waals surface area (Å²) in [7, 11) is 0. The molecular weight excluding hydrogens is 350 g/mol. The Hall–Kier alpha value is -1.03. The lowest BCUT2D eigenvalue weighted by Crippen LogP contribution is -2.21. The molecule has 21 heavy (non-hydrogen) atoms. The predicted molar refractivity (Wildman–Crippen MR) is 92.4 cm³/mol. The lowest BCUT2D eigenvalue weighted by atomic mass is 10.0. The van der Waals surface area contributed by atoms with Crippen molar-refractivity contribution in [3.8, 4) is 11.5 Å². The standard InChI is InChI=1S/C17H19BrClNO/c1-3-13(20)9-12-5-6-14(10-16(12)19)21-17-7-4-11(2)8-15(17)18/h4-8,10,13H,3,9,20H2,1-2H3. The maximum absolute atomic E-state index is 6.31. The highest BCUT2D eigenvalue weighted by Crippen LogP contribution is 2.32. The van der Waals surface area contributed by atoms with E-state index in [4.69, 9.17) is 22.1 Å². The second kappa shape index (κ2) is 7.30. The van der Waals surface area contributed by atoms with E-state index < -0.39 is 0 Å². The molecule has 0 saturated heterocycles. The predicted octanol–water partition coefficient (Wildman–Crippen LogP) is 5.48. The minimum Gasteiger partial charge on any atom is -0.456 e. The van der Waals surface area contributed by atoms with Gasteiger partial charge >= 0.3 is 0 Å². The van der Waals surface area contributed by atoms with Crippen LogP contribution in [-0.4, -0.2) is 6.04 Å². The highest BCUT2D eigenvalue weighted by molar-refractivity contribution is 9.10. The third kappa shape index (κ3) is 4.47. The van der Waals surface area contributed by atoms with E-state index in [1.54, 1.807) is 0 Å². The monoisotopic (exact) mass is 367 g/mol. The van der Waals surface area contributed by atoms with E-state index >= 15 is 0 Å². The Kier molecular flexibility index (Phi) is 5.68. The number of rotatable bonds is 5. The van der Waals surface area contributed by atoms with Gasteiger partial charge in [-0.05, 0) is 71.1 Å². The first kappa shape index (κ1) is 16.3. The molecule has 0 bridgehead atoms.